The Kier molecular flexibility index (Phi) is 7.36. The Morgan fingerprint density at radius 3 is 2.76 bits per heavy atom. The van der Waals surface area contributed by atoms with Gasteiger partial charge in [-0.2, -0.15) is 4.31 Å². The van der Waals surface area contributed by atoms with Gasteiger partial charge in [-0.05, 0) is 18.2 Å². The lowest BCUT2D eigenvalue weighted by molar-refractivity contribution is 0.168. The summed E-state index contributed by atoms with van der Waals surface area (Å²) in [5.41, 5.74) is 5.88. The van der Waals surface area contributed by atoms with Gasteiger partial charge in [0.1, 0.15) is 0 Å². The van der Waals surface area contributed by atoms with Crippen molar-refractivity contribution >= 4 is 10.0 Å². The third-order valence-electron chi connectivity index (χ3n) is 2.70. The van der Waals surface area contributed by atoms with E-state index in [1.807, 2.05) is 0 Å². The molecule has 0 bridgehead atoms. The van der Waals surface area contributed by atoms with E-state index in [-0.39, 0.29) is 37.7 Å². The number of ether oxygens (including phenoxy) is 1. The predicted molar refractivity (Wildman–Crippen MR) is 80.1 cm³/mol. The number of hydrogen-bond acceptors (Lipinski definition) is 5. The highest BCUT2D eigenvalue weighted by molar-refractivity contribution is 7.89. The molecule has 0 radical (unpaired) electrons. The van der Waals surface area contributed by atoms with Gasteiger partial charge in [0.05, 0.1) is 24.7 Å². The molecular weight excluding hydrogens is 292 g/mol. The zero-order valence-electron chi connectivity index (χ0n) is 11.9. The predicted octanol–water partition coefficient (Wildman–Crippen LogP) is -0.374. The molecule has 1 aromatic rings. The van der Waals surface area contributed by atoms with Crippen molar-refractivity contribution in [3.63, 3.8) is 0 Å². The number of methoxy groups -OCH3 is 1. The van der Waals surface area contributed by atoms with Gasteiger partial charge in [-0.1, -0.05) is 17.9 Å². The van der Waals surface area contributed by atoms with Crippen LogP contribution >= 0.6 is 0 Å². The average molecular weight is 312 g/mol. The molecular formula is C14H20N2O4S. The molecule has 0 amide bonds. The smallest absolute Gasteiger partial charge is 0.243 e. The SMILES string of the molecule is COCCN(CCO)S(=O)(=O)c1cccc(C#CCN)c1. The minimum absolute atomic E-state index is 0.0183. The van der Waals surface area contributed by atoms with E-state index in [4.69, 9.17) is 15.6 Å². The van der Waals surface area contributed by atoms with Crippen molar-refractivity contribution < 1.29 is 18.3 Å². The van der Waals surface area contributed by atoms with E-state index in [0.29, 0.717) is 5.56 Å². The summed E-state index contributed by atoms with van der Waals surface area (Å²) in [5, 5.41) is 9.03. The maximum atomic E-state index is 12.5. The van der Waals surface area contributed by atoms with Crippen LogP contribution in [0, 0.1) is 11.8 Å². The van der Waals surface area contributed by atoms with Crippen molar-refractivity contribution in [3.05, 3.63) is 29.8 Å². The highest BCUT2D eigenvalue weighted by Gasteiger charge is 2.23. The molecule has 1 aromatic carbocycles. The molecule has 0 aliphatic heterocycles. The maximum Gasteiger partial charge on any atom is 0.243 e. The molecule has 3 N–H and O–H groups in total. The number of hydrogen-bond donors (Lipinski definition) is 2. The Bertz CT molecular complexity index is 605. The molecule has 0 atom stereocenters. The highest BCUT2D eigenvalue weighted by atomic mass is 32.2. The first kappa shape index (κ1) is 17.6. The molecule has 0 aliphatic rings. The Labute approximate surface area is 125 Å². The summed E-state index contributed by atoms with van der Waals surface area (Å²) in [6, 6.07) is 6.34. The van der Waals surface area contributed by atoms with E-state index in [1.165, 1.54) is 23.5 Å². The molecule has 21 heavy (non-hydrogen) atoms. The Morgan fingerprint density at radius 2 is 2.14 bits per heavy atom. The van der Waals surface area contributed by atoms with E-state index >= 15 is 0 Å². The fourth-order valence-corrected chi connectivity index (χ4v) is 3.15. The molecule has 0 saturated heterocycles. The van der Waals surface area contributed by atoms with Crippen molar-refractivity contribution in [1.82, 2.24) is 4.31 Å². The first-order valence-corrected chi connectivity index (χ1v) is 7.89. The van der Waals surface area contributed by atoms with Crippen molar-refractivity contribution in [3.8, 4) is 11.8 Å². The van der Waals surface area contributed by atoms with E-state index in [1.54, 1.807) is 12.1 Å². The summed E-state index contributed by atoms with van der Waals surface area (Å²) in [7, 11) is -2.20. The van der Waals surface area contributed by atoms with Gasteiger partial charge in [-0.3, -0.25) is 0 Å². The fraction of sp³-hybridized carbons (Fsp3) is 0.429. The zero-order valence-corrected chi connectivity index (χ0v) is 12.8. The summed E-state index contributed by atoms with van der Waals surface area (Å²) in [4.78, 5) is 0.135. The summed E-state index contributed by atoms with van der Waals surface area (Å²) >= 11 is 0. The number of rotatable bonds is 7. The first-order chi connectivity index (χ1) is 10.1. The van der Waals surface area contributed by atoms with Crippen LogP contribution in [0.3, 0.4) is 0 Å². The Balaban J connectivity index is 3.09. The zero-order chi connectivity index (χ0) is 15.7. The average Bonchev–Trinajstić information content (AvgIpc) is 2.49. The van der Waals surface area contributed by atoms with Crippen LogP contribution in [0.2, 0.25) is 0 Å². The summed E-state index contributed by atoms with van der Waals surface area (Å²) in [5.74, 6) is 5.48. The molecule has 0 saturated carbocycles. The second-order valence-electron chi connectivity index (χ2n) is 4.15. The largest absolute Gasteiger partial charge is 0.395 e. The summed E-state index contributed by atoms with van der Waals surface area (Å²) in [6.07, 6.45) is 0. The van der Waals surface area contributed by atoms with Crippen LogP contribution in [0.5, 0.6) is 0 Å². The minimum atomic E-state index is -3.69. The molecule has 7 heteroatoms. The van der Waals surface area contributed by atoms with Gasteiger partial charge in [-0.25, -0.2) is 8.42 Å². The van der Waals surface area contributed by atoms with Crippen LogP contribution in [-0.4, -0.2) is 57.8 Å². The van der Waals surface area contributed by atoms with Crippen molar-refractivity contribution in [2.45, 2.75) is 4.90 Å². The monoisotopic (exact) mass is 312 g/mol. The van der Waals surface area contributed by atoms with Crippen LogP contribution in [0.25, 0.3) is 0 Å². The lowest BCUT2D eigenvalue weighted by Crippen LogP contribution is -2.36. The number of nitrogens with two attached hydrogens (primary N) is 1. The standard InChI is InChI=1S/C14H20N2O4S/c1-20-11-9-16(8-10-17)21(18,19)14-6-2-4-13(12-14)5-3-7-15/h2,4,6,12,17H,7-11,15H2,1H3. The van der Waals surface area contributed by atoms with E-state index < -0.39 is 10.0 Å². The Morgan fingerprint density at radius 1 is 1.38 bits per heavy atom. The fourth-order valence-electron chi connectivity index (χ4n) is 1.69. The molecule has 116 valence electrons. The van der Waals surface area contributed by atoms with Crippen LogP contribution < -0.4 is 5.73 Å². The second-order valence-corrected chi connectivity index (χ2v) is 6.09. The van der Waals surface area contributed by atoms with Gasteiger partial charge in [0, 0.05) is 25.8 Å². The van der Waals surface area contributed by atoms with Crippen LogP contribution in [0.4, 0.5) is 0 Å². The molecule has 6 nitrogen and oxygen atoms in total. The van der Waals surface area contributed by atoms with Gasteiger partial charge in [0.2, 0.25) is 10.0 Å². The summed E-state index contributed by atoms with van der Waals surface area (Å²) < 4.78 is 31.2. The van der Waals surface area contributed by atoms with E-state index in [9.17, 15) is 8.42 Å². The quantitative estimate of drug-likeness (QED) is 0.670. The highest BCUT2D eigenvalue weighted by Crippen LogP contribution is 2.16. The van der Waals surface area contributed by atoms with Crippen LogP contribution in [0.1, 0.15) is 5.56 Å². The number of sulfonamides is 1. The second kappa shape index (κ2) is 8.77. The summed E-state index contributed by atoms with van der Waals surface area (Å²) in [6.45, 7) is 0.408. The van der Waals surface area contributed by atoms with Gasteiger partial charge in [-0.15, -0.1) is 0 Å². The third-order valence-corrected chi connectivity index (χ3v) is 4.60. The molecule has 0 fully saturated rings. The normalized spacial score (nSPS) is 11.2. The molecule has 0 aliphatic carbocycles. The minimum Gasteiger partial charge on any atom is -0.395 e. The van der Waals surface area contributed by atoms with Crippen molar-refractivity contribution in [2.24, 2.45) is 5.73 Å². The van der Waals surface area contributed by atoms with Crippen molar-refractivity contribution in [2.75, 3.05) is 40.0 Å². The third kappa shape index (κ3) is 5.12. The first-order valence-electron chi connectivity index (χ1n) is 6.45. The number of benzene rings is 1. The molecule has 0 heterocycles. The lowest BCUT2D eigenvalue weighted by Gasteiger charge is -2.21. The van der Waals surface area contributed by atoms with Gasteiger partial charge < -0.3 is 15.6 Å². The number of nitrogens with zero attached hydrogens (tertiary/aromatic N) is 1. The van der Waals surface area contributed by atoms with E-state index in [2.05, 4.69) is 11.8 Å². The van der Waals surface area contributed by atoms with Gasteiger partial charge in [0.15, 0.2) is 0 Å². The lowest BCUT2D eigenvalue weighted by atomic mass is 10.2. The Hall–Kier alpha value is -1.43. The molecule has 0 unspecified atom stereocenters. The van der Waals surface area contributed by atoms with E-state index in [0.717, 1.165) is 0 Å². The molecule has 0 spiro atoms. The van der Waals surface area contributed by atoms with Gasteiger partial charge in [0.25, 0.3) is 0 Å². The van der Waals surface area contributed by atoms with Crippen LogP contribution in [0.15, 0.2) is 29.2 Å². The van der Waals surface area contributed by atoms with Crippen LogP contribution in [-0.2, 0) is 14.8 Å². The number of aliphatic hydroxyl groups excluding tert-OH is 1. The number of aliphatic hydroxyl groups is 1. The van der Waals surface area contributed by atoms with Gasteiger partial charge >= 0.3 is 0 Å². The van der Waals surface area contributed by atoms with Crippen molar-refractivity contribution in [1.29, 1.82) is 0 Å². The maximum absolute atomic E-state index is 12.5. The molecule has 0 aromatic heterocycles. The molecule has 1 rings (SSSR count). The topological polar surface area (TPSA) is 92.9 Å².